The van der Waals surface area contributed by atoms with E-state index >= 15 is 0 Å². The van der Waals surface area contributed by atoms with Gasteiger partial charge in [0.05, 0.1) is 6.61 Å². The van der Waals surface area contributed by atoms with Crippen molar-refractivity contribution in [1.82, 2.24) is 0 Å². The predicted molar refractivity (Wildman–Crippen MR) is 52.9 cm³/mol. The molecule has 0 fully saturated rings. The second kappa shape index (κ2) is 6.10. The van der Waals surface area contributed by atoms with Gasteiger partial charge >= 0.3 is 0 Å². The average Bonchev–Trinajstić information content (AvgIpc) is 2.14. The van der Waals surface area contributed by atoms with Gasteiger partial charge in [0.15, 0.2) is 8.32 Å². The maximum absolute atomic E-state index is 8.26. The first-order valence-corrected chi connectivity index (χ1v) is 7.03. The van der Waals surface area contributed by atoms with Gasteiger partial charge in [-0.3, -0.25) is 0 Å². The molecular weight excluding hydrogens is 168 g/mol. The van der Waals surface area contributed by atoms with Crippen LogP contribution in [0.3, 0.4) is 0 Å². The number of aliphatic hydroxyl groups is 1. The van der Waals surface area contributed by atoms with E-state index in [1.54, 1.807) is 0 Å². The quantitative estimate of drug-likeness (QED) is 0.527. The molecule has 2 nitrogen and oxygen atoms in total. The van der Waals surface area contributed by atoms with E-state index in [2.05, 4.69) is 26.7 Å². The molecule has 12 heavy (non-hydrogen) atoms. The third-order valence-electron chi connectivity index (χ3n) is 2.46. The minimum Gasteiger partial charge on any atom is -0.462 e. The van der Waals surface area contributed by atoms with Crippen LogP contribution >= 0.6 is 0 Å². The summed E-state index contributed by atoms with van der Waals surface area (Å²) in [5, 5.41) is 8.26. The molecule has 0 amide bonds. The topological polar surface area (TPSA) is 29.5 Å². The van der Waals surface area contributed by atoms with Gasteiger partial charge in [-0.15, -0.1) is 0 Å². The number of aliphatic hydroxyl groups excluding tert-OH is 1. The van der Waals surface area contributed by atoms with Crippen LogP contribution in [0.25, 0.3) is 0 Å². The summed E-state index contributed by atoms with van der Waals surface area (Å²) in [7, 11) is -1.47. The largest absolute Gasteiger partial charge is 0.462 e. The van der Waals surface area contributed by atoms with E-state index in [1.807, 2.05) is 6.11 Å². The van der Waals surface area contributed by atoms with E-state index in [0.29, 0.717) is 6.61 Å². The molecule has 3 heteroatoms. The molecule has 0 aromatic rings. The van der Waals surface area contributed by atoms with Crippen molar-refractivity contribution in [2.24, 2.45) is 0 Å². The molecule has 0 radical (unpaired) electrons. The minimum atomic E-state index is -1.47. The highest BCUT2D eigenvalue weighted by Crippen LogP contribution is 2.20. The standard InChI is InChI=1S/C9H18O2Si/c1-4-12(5-2,6-3)11-9-7-8-10/h10H,4-6,9H2,1-3H3. The molecule has 0 heterocycles. The zero-order valence-corrected chi connectivity index (χ0v) is 9.18. The fraction of sp³-hybridized carbons (Fsp3) is 0.778. The number of rotatable bonds is 5. The first-order valence-electron chi connectivity index (χ1n) is 4.50. The first-order chi connectivity index (χ1) is 5.74. The molecule has 0 aromatic carbocycles. The van der Waals surface area contributed by atoms with Crippen molar-refractivity contribution in [3.63, 3.8) is 0 Å². The summed E-state index contributed by atoms with van der Waals surface area (Å²) in [4.78, 5) is 0. The van der Waals surface area contributed by atoms with Crippen molar-refractivity contribution >= 4 is 8.32 Å². The maximum Gasteiger partial charge on any atom is 0.193 e. The van der Waals surface area contributed by atoms with Gasteiger partial charge in [0, 0.05) is 0 Å². The van der Waals surface area contributed by atoms with Crippen LogP contribution < -0.4 is 0 Å². The fourth-order valence-corrected chi connectivity index (χ4v) is 3.77. The highest BCUT2D eigenvalue weighted by atomic mass is 28.4. The summed E-state index contributed by atoms with van der Waals surface area (Å²) in [6.07, 6.45) is 1.86. The van der Waals surface area contributed by atoms with Crippen molar-refractivity contribution in [1.29, 1.82) is 0 Å². The third kappa shape index (κ3) is 3.29. The lowest BCUT2D eigenvalue weighted by atomic mass is 10.8. The molecule has 0 aliphatic rings. The van der Waals surface area contributed by atoms with E-state index in [0.717, 1.165) is 18.1 Å². The average molecular weight is 186 g/mol. The van der Waals surface area contributed by atoms with Gasteiger partial charge < -0.3 is 9.53 Å². The number of hydrogen-bond donors (Lipinski definition) is 1. The Morgan fingerprint density at radius 1 is 1.17 bits per heavy atom. The van der Waals surface area contributed by atoms with Crippen LogP contribution in [0.4, 0.5) is 0 Å². The van der Waals surface area contributed by atoms with Gasteiger partial charge in [-0.05, 0) is 24.1 Å². The van der Waals surface area contributed by atoms with Crippen LogP contribution in [0.15, 0.2) is 0 Å². The minimum absolute atomic E-state index is 0.387. The van der Waals surface area contributed by atoms with Crippen LogP contribution in [0.1, 0.15) is 20.8 Å². The summed E-state index contributed by atoms with van der Waals surface area (Å²) in [6.45, 7) is 6.90. The Morgan fingerprint density at radius 2 is 1.67 bits per heavy atom. The Balaban J connectivity index is 3.98. The summed E-state index contributed by atoms with van der Waals surface area (Å²) >= 11 is 0. The van der Waals surface area contributed by atoms with Gasteiger partial charge in [0.25, 0.3) is 0 Å². The predicted octanol–water partition coefficient (Wildman–Crippen LogP) is 2.34. The lowest BCUT2D eigenvalue weighted by Gasteiger charge is -2.26. The van der Waals surface area contributed by atoms with E-state index in [9.17, 15) is 0 Å². The normalized spacial score (nSPS) is 10.6. The Labute approximate surface area is 76.1 Å². The Morgan fingerprint density at radius 3 is 2.00 bits per heavy atom. The maximum atomic E-state index is 8.26. The molecule has 0 atom stereocenters. The van der Waals surface area contributed by atoms with Gasteiger partial charge in [-0.25, -0.2) is 0 Å². The summed E-state index contributed by atoms with van der Waals surface area (Å²) in [5.74, 6) is 2.52. The van der Waals surface area contributed by atoms with Gasteiger partial charge in [-0.2, -0.15) is 0 Å². The molecule has 0 bridgehead atoms. The first kappa shape index (κ1) is 11.5. The van der Waals surface area contributed by atoms with E-state index < -0.39 is 8.32 Å². The molecule has 0 saturated heterocycles. The fourth-order valence-electron chi connectivity index (χ4n) is 1.28. The van der Waals surface area contributed by atoms with Crippen LogP contribution in [0, 0.1) is 12.0 Å². The molecule has 0 aliphatic heterocycles. The molecule has 70 valence electrons. The molecule has 0 aliphatic carbocycles. The highest BCUT2D eigenvalue weighted by molar-refractivity contribution is 6.73. The molecule has 1 N–H and O–H groups in total. The zero-order chi connectivity index (χ0) is 9.45. The Bertz CT molecular complexity index is 157. The van der Waals surface area contributed by atoms with Crippen molar-refractivity contribution in [2.75, 3.05) is 6.61 Å². The van der Waals surface area contributed by atoms with Gasteiger partial charge in [0.1, 0.15) is 6.11 Å². The summed E-state index contributed by atoms with van der Waals surface area (Å²) in [6, 6.07) is 3.40. The molecule has 0 aromatic heterocycles. The van der Waals surface area contributed by atoms with Crippen LogP contribution in [0.5, 0.6) is 0 Å². The van der Waals surface area contributed by atoms with Crippen LogP contribution in [-0.2, 0) is 4.43 Å². The van der Waals surface area contributed by atoms with Crippen LogP contribution in [0.2, 0.25) is 18.1 Å². The lowest BCUT2D eigenvalue weighted by Crippen LogP contribution is -2.35. The van der Waals surface area contributed by atoms with Crippen molar-refractivity contribution in [2.45, 2.75) is 38.9 Å². The second-order valence-electron chi connectivity index (χ2n) is 2.82. The van der Waals surface area contributed by atoms with Crippen molar-refractivity contribution in [3.05, 3.63) is 0 Å². The van der Waals surface area contributed by atoms with E-state index in [4.69, 9.17) is 9.53 Å². The third-order valence-corrected chi connectivity index (χ3v) is 7.09. The Kier molecular flexibility index (Phi) is 5.86. The molecule has 0 spiro atoms. The van der Waals surface area contributed by atoms with E-state index in [-0.39, 0.29) is 0 Å². The monoisotopic (exact) mass is 186 g/mol. The summed E-state index contributed by atoms with van der Waals surface area (Å²) in [5.41, 5.74) is 0. The molecule has 0 saturated carbocycles. The zero-order valence-electron chi connectivity index (χ0n) is 8.18. The SMILES string of the molecule is CC[Si](CC)(CC)OCC#CO. The highest BCUT2D eigenvalue weighted by Gasteiger charge is 2.27. The molecular formula is C9H18O2Si. The summed E-state index contributed by atoms with van der Waals surface area (Å²) < 4.78 is 5.72. The number of hydrogen-bond acceptors (Lipinski definition) is 2. The van der Waals surface area contributed by atoms with Gasteiger partial charge in [-0.1, -0.05) is 20.8 Å². The van der Waals surface area contributed by atoms with Crippen molar-refractivity contribution in [3.8, 4) is 12.0 Å². The van der Waals surface area contributed by atoms with Crippen LogP contribution in [-0.4, -0.2) is 20.0 Å². The van der Waals surface area contributed by atoms with Gasteiger partial charge in [0.2, 0.25) is 0 Å². The van der Waals surface area contributed by atoms with E-state index in [1.165, 1.54) is 0 Å². The molecule has 0 rings (SSSR count). The lowest BCUT2D eigenvalue weighted by molar-refractivity contribution is 0.348. The Hall–Kier alpha value is -0.463. The smallest absolute Gasteiger partial charge is 0.193 e. The second-order valence-corrected chi connectivity index (χ2v) is 7.60. The van der Waals surface area contributed by atoms with Crippen molar-refractivity contribution < 1.29 is 9.53 Å². The molecule has 0 unspecified atom stereocenters.